The lowest BCUT2D eigenvalue weighted by Gasteiger charge is -2.26. The molecule has 1 saturated heterocycles. The second-order valence-electron chi connectivity index (χ2n) is 7.77. The predicted octanol–water partition coefficient (Wildman–Crippen LogP) is 4.57. The molecule has 8 heteroatoms. The van der Waals surface area contributed by atoms with Crippen LogP contribution in [-0.4, -0.2) is 31.5 Å². The first kappa shape index (κ1) is 20.4. The summed E-state index contributed by atoms with van der Waals surface area (Å²) < 4.78 is 28.0. The Hall–Kier alpha value is -1.83. The number of anilines is 1. The van der Waals surface area contributed by atoms with Crippen molar-refractivity contribution in [3.05, 3.63) is 52.6 Å². The van der Waals surface area contributed by atoms with Crippen molar-refractivity contribution in [2.75, 3.05) is 5.32 Å². The van der Waals surface area contributed by atoms with E-state index in [9.17, 15) is 13.4 Å². The van der Waals surface area contributed by atoms with Crippen LogP contribution in [0.3, 0.4) is 0 Å². The molecule has 3 unspecified atom stereocenters. The van der Waals surface area contributed by atoms with Gasteiger partial charge in [0.2, 0.25) is 5.91 Å². The molecule has 4 rings (SSSR count). The normalized spacial score (nSPS) is 23.2. The molecule has 2 heterocycles. The zero-order chi connectivity index (χ0) is 20.7. The van der Waals surface area contributed by atoms with Crippen molar-refractivity contribution in [2.24, 2.45) is 0 Å². The Kier molecular flexibility index (Phi) is 5.73. The summed E-state index contributed by atoms with van der Waals surface area (Å²) in [7, 11) is -1.55. The fourth-order valence-corrected chi connectivity index (χ4v) is 5.53. The highest BCUT2D eigenvalue weighted by molar-refractivity contribution is 7.82. The van der Waals surface area contributed by atoms with E-state index in [-0.39, 0.29) is 17.8 Å². The van der Waals surface area contributed by atoms with Gasteiger partial charge in [0.15, 0.2) is 0 Å². The van der Waals surface area contributed by atoms with Gasteiger partial charge in [0.25, 0.3) is 0 Å². The van der Waals surface area contributed by atoms with Crippen LogP contribution in [-0.2, 0) is 15.8 Å². The van der Waals surface area contributed by atoms with Crippen molar-refractivity contribution in [3.63, 3.8) is 0 Å². The maximum Gasteiger partial charge on any atom is 0.242 e. The van der Waals surface area contributed by atoms with Crippen molar-refractivity contribution in [2.45, 2.75) is 62.4 Å². The van der Waals surface area contributed by atoms with Gasteiger partial charge in [0.1, 0.15) is 28.0 Å². The van der Waals surface area contributed by atoms with Gasteiger partial charge in [0, 0.05) is 17.6 Å². The van der Waals surface area contributed by atoms with Gasteiger partial charge in [-0.15, -0.1) is 0 Å². The van der Waals surface area contributed by atoms with E-state index >= 15 is 0 Å². The quantitative estimate of drug-likeness (QED) is 0.699. The third-order valence-electron chi connectivity index (χ3n) is 5.61. The Labute approximate surface area is 177 Å². The number of aromatic nitrogens is 1. The van der Waals surface area contributed by atoms with Crippen molar-refractivity contribution < 1.29 is 13.4 Å². The van der Waals surface area contributed by atoms with E-state index in [0.29, 0.717) is 28.1 Å². The zero-order valence-corrected chi connectivity index (χ0v) is 17.9. The van der Waals surface area contributed by atoms with E-state index in [4.69, 9.17) is 11.6 Å². The predicted molar refractivity (Wildman–Crippen MR) is 112 cm³/mol. The molecule has 1 amide bonds. The Morgan fingerprint density at radius 3 is 2.59 bits per heavy atom. The van der Waals surface area contributed by atoms with E-state index in [1.165, 1.54) is 24.3 Å². The number of amides is 1. The van der Waals surface area contributed by atoms with Crippen LogP contribution in [0.25, 0.3) is 0 Å². The number of hydrogen-bond acceptors (Lipinski definition) is 3. The fourth-order valence-electron chi connectivity index (χ4n) is 3.86. The van der Waals surface area contributed by atoms with Crippen LogP contribution >= 0.6 is 11.6 Å². The Bertz CT molecular complexity index is 965. The third-order valence-corrected chi connectivity index (χ3v) is 7.48. The highest BCUT2D eigenvalue weighted by atomic mass is 35.5. The summed E-state index contributed by atoms with van der Waals surface area (Å²) in [4.78, 5) is 18.0. The summed E-state index contributed by atoms with van der Waals surface area (Å²) in [6.45, 7) is 3.90. The van der Waals surface area contributed by atoms with Crippen LogP contribution in [0.5, 0.6) is 0 Å². The van der Waals surface area contributed by atoms with Gasteiger partial charge in [-0.1, -0.05) is 11.6 Å². The molecule has 2 aromatic rings. The molecule has 154 valence electrons. The minimum Gasteiger partial charge on any atom is -0.324 e. The molecule has 0 radical (unpaired) electrons. The van der Waals surface area contributed by atoms with Crippen LogP contribution in [0.2, 0.25) is 5.15 Å². The lowest BCUT2D eigenvalue weighted by Crippen LogP contribution is -2.43. The minimum absolute atomic E-state index is 0.0270. The van der Waals surface area contributed by atoms with Gasteiger partial charge in [-0.2, -0.15) is 0 Å². The number of rotatable bonds is 5. The molecule has 1 saturated carbocycles. The largest absolute Gasteiger partial charge is 0.324 e. The van der Waals surface area contributed by atoms with E-state index in [0.717, 1.165) is 30.5 Å². The Balaban J connectivity index is 1.56. The summed E-state index contributed by atoms with van der Waals surface area (Å²) in [5.74, 6) is -0.179. The highest BCUT2D eigenvalue weighted by Crippen LogP contribution is 2.42. The fraction of sp³-hybridized carbons (Fsp3) is 0.429. The molecule has 1 aliphatic carbocycles. The number of halogens is 2. The Morgan fingerprint density at radius 2 is 1.93 bits per heavy atom. The number of nitrogens with zero attached hydrogens (tertiary/aromatic N) is 2. The van der Waals surface area contributed by atoms with E-state index in [1.54, 1.807) is 10.4 Å². The summed E-state index contributed by atoms with van der Waals surface area (Å²) in [6, 6.07) is 6.67. The average molecular weight is 436 g/mol. The number of hydrogen-bond donors (Lipinski definition) is 1. The molecule has 1 aromatic carbocycles. The SMILES string of the molecule is Cc1c(NC(=O)C2CCC(C)N2S(=O)c2ccc(F)cc2)cc(Cl)nc1C1CC1. The van der Waals surface area contributed by atoms with Crippen molar-refractivity contribution in [1.29, 1.82) is 0 Å². The molecule has 2 aliphatic rings. The van der Waals surface area contributed by atoms with Crippen LogP contribution in [0.1, 0.15) is 49.8 Å². The van der Waals surface area contributed by atoms with Crippen LogP contribution in [0.15, 0.2) is 35.2 Å². The second kappa shape index (κ2) is 8.13. The summed E-state index contributed by atoms with van der Waals surface area (Å²) in [6.07, 6.45) is 3.54. The number of carbonyl (C=O) groups is 1. The molecule has 1 N–H and O–H groups in total. The third kappa shape index (κ3) is 4.22. The van der Waals surface area contributed by atoms with E-state index in [1.807, 2.05) is 13.8 Å². The van der Waals surface area contributed by atoms with Crippen molar-refractivity contribution >= 4 is 34.2 Å². The maximum atomic E-state index is 13.2. The standard InChI is InChI=1S/C21H23ClFN3O2S/c1-12-3-10-18(26(12)29(28)16-8-6-15(23)7-9-16)21(27)24-17-11-19(22)25-20(13(17)2)14-4-5-14/h6-9,11-12,14,18H,3-5,10H2,1-2H3,(H,24,25,27). The van der Waals surface area contributed by atoms with Gasteiger partial charge >= 0.3 is 0 Å². The van der Waals surface area contributed by atoms with Crippen LogP contribution in [0.4, 0.5) is 10.1 Å². The van der Waals surface area contributed by atoms with Gasteiger partial charge in [0.05, 0.1) is 10.6 Å². The second-order valence-corrected chi connectivity index (χ2v) is 9.55. The molecule has 2 fully saturated rings. The molecule has 1 aromatic heterocycles. The molecule has 1 aliphatic heterocycles. The number of pyridine rings is 1. The zero-order valence-electron chi connectivity index (χ0n) is 16.3. The lowest BCUT2D eigenvalue weighted by atomic mass is 10.1. The molecular formula is C21H23ClFN3O2S. The molecule has 3 atom stereocenters. The molecule has 5 nitrogen and oxygen atoms in total. The molecule has 0 bridgehead atoms. The average Bonchev–Trinajstić information content (AvgIpc) is 3.46. The van der Waals surface area contributed by atoms with Gasteiger partial charge in [-0.25, -0.2) is 17.9 Å². The van der Waals surface area contributed by atoms with Crippen molar-refractivity contribution in [1.82, 2.24) is 9.29 Å². The highest BCUT2D eigenvalue weighted by Gasteiger charge is 2.40. The van der Waals surface area contributed by atoms with Gasteiger partial charge < -0.3 is 5.32 Å². The number of benzene rings is 1. The van der Waals surface area contributed by atoms with Crippen LogP contribution < -0.4 is 5.32 Å². The minimum atomic E-state index is -1.55. The molecule has 0 spiro atoms. The van der Waals surface area contributed by atoms with Gasteiger partial charge in [-0.3, -0.25) is 4.79 Å². The topological polar surface area (TPSA) is 62.3 Å². The summed E-state index contributed by atoms with van der Waals surface area (Å²) >= 11 is 6.18. The summed E-state index contributed by atoms with van der Waals surface area (Å²) in [5, 5.41) is 3.34. The first-order valence-corrected chi connectivity index (χ1v) is 11.3. The first-order chi connectivity index (χ1) is 13.8. The maximum absolute atomic E-state index is 13.2. The monoisotopic (exact) mass is 435 g/mol. The first-order valence-electron chi connectivity index (χ1n) is 9.79. The molecular weight excluding hydrogens is 413 g/mol. The Morgan fingerprint density at radius 1 is 1.24 bits per heavy atom. The van der Waals surface area contributed by atoms with Crippen LogP contribution in [0, 0.1) is 12.7 Å². The smallest absolute Gasteiger partial charge is 0.242 e. The van der Waals surface area contributed by atoms with E-state index < -0.39 is 17.0 Å². The van der Waals surface area contributed by atoms with Crippen molar-refractivity contribution in [3.8, 4) is 0 Å². The number of nitrogens with one attached hydrogen (secondary N) is 1. The summed E-state index contributed by atoms with van der Waals surface area (Å²) in [5.41, 5.74) is 2.53. The van der Waals surface area contributed by atoms with E-state index in [2.05, 4.69) is 10.3 Å². The number of carbonyl (C=O) groups excluding carboxylic acids is 1. The lowest BCUT2D eigenvalue weighted by molar-refractivity contribution is -0.119. The molecule has 29 heavy (non-hydrogen) atoms. The van der Waals surface area contributed by atoms with Gasteiger partial charge in [-0.05, 0) is 75.4 Å².